The van der Waals surface area contributed by atoms with Crippen molar-refractivity contribution >= 4 is 23.2 Å². The molecule has 0 aliphatic heterocycles. The van der Waals surface area contributed by atoms with Gasteiger partial charge in [-0.3, -0.25) is 9.59 Å². The average molecular weight is 354 g/mol. The molecule has 0 saturated carbocycles. The Morgan fingerprint density at radius 2 is 1.69 bits per heavy atom. The summed E-state index contributed by atoms with van der Waals surface area (Å²) in [6.45, 7) is 5.99. The first kappa shape index (κ1) is 19.5. The van der Waals surface area contributed by atoms with Gasteiger partial charge in [-0.15, -0.1) is 0 Å². The number of nitrogens with one attached hydrogen (secondary N) is 2. The largest absolute Gasteiger partial charge is 0.491 e. The Balaban J connectivity index is 2.05. The first-order chi connectivity index (χ1) is 12.5. The van der Waals surface area contributed by atoms with Crippen LogP contribution in [-0.4, -0.2) is 17.9 Å². The molecule has 0 aliphatic rings. The van der Waals surface area contributed by atoms with Crippen LogP contribution in [0.25, 0.3) is 0 Å². The highest BCUT2D eigenvalue weighted by atomic mass is 16.5. The average Bonchev–Trinajstić information content (AvgIpc) is 2.62. The van der Waals surface area contributed by atoms with Crippen molar-refractivity contribution in [1.29, 1.82) is 0 Å². The van der Waals surface area contributed by atoms with Crippen LogP contribution in [0.5, 0.6) is 5.75 Å². The predicted molar refractivity (Wildman–Crippen MR) is 105 cm³/mol. The third-order valence-electron chi connectivity index (χ3n) is 3.89. The SMILES string of the molecule is CCCC(=O)Nc1cccc(NC(=O)c2cccc(OC(C)CC)c2)c1. The molecule has 0 spiro atoms. The fourth-order valence-corrected chi connectivity index (χ4v) is 2.35. The smallest absolute Gasteiger partial charge is 0.255 e. The number of ether oxygens (including phenoxy) is 1. The third-order valence-corrected chi connectivity index (χ3v) is 3.89. The number of hydrogen-bond acceptors (Lipinski definition) is 3. The normalized spacial score (nSPS) is 11.5. The van der Waals surface area contributed by atoms with Crippen LogP contribution in [0, 0.1) is 0 Å². The molecule has 2 aromatic carbocycles. The fourth-order valence-electron chi connectivity index (χ4n) is 2.35. The maximum atomic E-state index is 12.5. The number of hydrogen-bond donors (Lipinski definition) is 2. The van der Waals surface area contributed by atoms with Crippen molar-refractivity contribution in [3.05, 3.63) is 54.1 Å². The van der Waals surface area contributed by atoms with Gasteiger partial charge in [0.1, 0.15) is 5.75 Å². The van der Waals surface area contributed by atoms with E-state index in [0.29, 0.717) is 29.1 Å². The third kappa shape index (κ3) is 5.92. The van der Waals surface area contributed by atoms with Crippen LogP contribution in [0.2, 0.25) is 0 Å². The molecular weight excluding hydrogens is 328 g/mol. The molecule has 5 nitrogen and oxygen atoms in total. The van der Waals surface area contributed by atoms with Crippen LogP contribution in [0.3, 0.4) is 0 Å². The van der Waals surface area contributed by atoms with E-state index in [-0.39, 0.29) is 17.9 Å². The van der Waals surface area contributed by atoms with E-state index in [4.69, 9.17) is 4.74 Å². The number of anilines is 2. The minimum absolute atomic E-state index is 0.0362. The number of carbonyl (C=O) groups excluding carboxylic acids is 2. The molecule has 1 atom stereocenters. The highest BCUT2D eigenvalue weighted by molar-refractivity contribution is 6.05. The second-order valence-corrected chi connectivity index (χ2v) is 6.20. The van der Waals surface area contributed by atoms with Crippen molar-refractivity contribution in [2.75, 3.05) is 10.6 Å². The second kappa shape index (κ2) is 9.61. The van der Waals surface area contributed by atoms with Crippen LogP contribution in [0.15, 0.2) is 48.5 Å². The van der Waals surface area contributed by atoms with E-state index in [9.17, 15) is 9.59 Å². The standard InChI is InChI=1S/C21H26N2O3/c1-4-8-20(24)22-17-10-7-11-18(14-17)23-21(25)16-9-6-12-19(13-16)26-15(3)5-2/h6-7,9-15H,4-5,8H2,1-3H3,(H,22,24)(H,23,25). The molecule has 2 amide bonds. The molecule has 0 bridgehead atoms. The van der Waals surface area contributed by atoms with Crippen LogP contribution in [0.1, 0.15) is 50.4 Å². The van der Waals surface area contributed by atoms with Gasteiger partial charge in [0, 0.05) is 23.4 Å². The van der Waals surface area contributed by atoms with Crippen LogP contribution in [0.4, 0.5) is 11.4 Å². The lowest BCUT2D eigenvalue weighted by atomic mass is 10.2. The number of carbonyl (C=O) groups is 2. The first-order valence-corrected chi connectivity index (χ1v) is 8.99. The van der Waals surface area contributed by atoms with Gasteiger partial charge in [0.15, 0.2) is 0 Å². The Morgan fingerprint density at radius 1 is 1.00 bits per heavy atom. The Labute approximate surface area is 154 Å². The Hall–Kier alpha value is -2.82. The van der Waals surface area contributed by atoms with Crippen molar-refractivity contribution in [3.8, 4) is 5.75 Å². The Morgan fingerprint density at radius 3 is 2.38 bits per heavy atom. The van der Waals surface area contributed by atoms with E-state index in [2.05, 4.69) is 10.6 Å². The first-order valence-electron chi connectivity index (χ1n) is 8.99. The van der Waals surface area contributed by atoms with Gasteiger partial charge in [0.05, 0.1) is 6.10 Å². The van der Waals surface area contributed by atoms with Gasteiger partial charge in [-0.05, 0) is 56.2 Å². The molecule has 0 heterocycles. The summed E-state index contributed by atoms with van der Waals surface area (Å²) >= 11 is 0. The highest BCUT2D eigenvalue weighted by Crippen LogP contribution is 2.19. The minimum atomic E-state index is -0.225. The van der Waals surface area contributed by atoms with Crippen LogP contribution >= 0.6 is 0 Å². The molecule has 0 saturated heterocycles. The maximum Gasteiger partial charge on any atom is 0.255 e. The molecule has 0 fully saturated rings. The number of benzene rings is 2. The molecule has 26 heavy (non-hydrogen) atoms. The van der Waals surface area contributed by atoms with Gasteiger partial charge < -0.3 is 15.4 Å². The molecule has 0 aromatic heterocycles. The van der Waals surface area contributed by atoms with Gasteiger partial charge in [0.2, 0.25) is 5.91 Å². The van der Waals surface area contributed by atoms with Gasteiger partial charge in [-0.2, -0.15) is 0 Å². The van der Waals surface area contributed by atoms with Gasteiger partial charge in [-0.1, -0.05) is 26.0 Å². The summed E-state index contributed by atoms with van der Waals surface area (Å²) in [7, 11) is 0. The Kier molecular flexibility index (Phi) is 7.21. The van der Waals surface area contributed by atoms with Crippen LogP contribution < -0.4 is 15.4 Å². The molecule has 2 aromatic rings. The second-order valence-electron chi connectivity index (χ2n) is 6.20. The molecule has 138 valence electrons. The summed E-state index contributed by atoms with van der Waals surface area (Å²) in [4.78, 5) is 24.2. The summed E-state index contributed by atoms with van der Waals surface area (Å²) < 4.78 is 5.76. The van der Waals surface area contributed by atoms with Crippen molar-refractivity contribution in [2.24, 2.45) is 0 Å². The summed E-state index contributed by atoms with van der Waals surface area (Å²) in [5.41, 5.74) is 1.80. The quantitative estimate of drug-likeness (QED) is 0.712. The van der Waals surface area contributed by atoms with E-state index in [1.54, 1.807) is 42.5 Å². The summed E-state index contributed by atoms with van der Waals surface area (Å²) in [6.07, 6.45) is 2.25. The molecule has 2 rings (SSSR count). The minimum Gasteiger partial charge on any atom is -0.491 e. The lowest BCUT2D eigenvalue weighted by Crippen LogP contribution is -2.14. The zero-order valence-corrected chi connectivity index (χ0v) is 15.5. The van der Waals surface area contributed by atoms with E-state index in [1.807, 2.05) is 26.8 Å². The van der Waals surface area contributed by atoms with E-state index < -0.39 is 0 Å². The van der Waals surface area contributed by atoms with Crippen molar-refractivity contribution in [1.82, 2.24) is 0 Å². The van der Waals surface area contributed by atoms with Crippen molar-refractivity contribution < 1.29 is 14.3 Å². The topological polar surface area (TPSA) is 67.4 Å². The van der Waals surface area contributed by atoms with E-state index in [0.717, 1.165) is 12.8 Å². The molecule has 1 unspecified atom stereocenters. The number of rotatable bonds is 8. The lowest BCUT2D eigenvalue weighted by Gasteiger charge is -2.13. The van der Waals surface area contributed by atoms with Gasteiger partial charge in [0.25, 0.3) is 5.91 Å². The van der Waals surface area contributed by atoms with Gasteiger partial charge in [-0.25, -0.2) is 0 Å². The van der Waals surface area contributed by atoms with Crippen LogP contribution in [-0.2, 0) is 4.79 Å². The molecular formula is C21H26N2O3. The molecule has 2 N–H and O–H groups in total. The molecule has 0 aliphatic carbocycles. The Bertz CT molecular complexity index is 758. The van der Waals surface area contributed by atoms with E-state index >= 15 is 0 Å². The predicted octanol–water partition coefficient (Wildman–Crippen LogP) is 4.85. The lowest BCUT2D eigenvalue weighted by molar-refractivity contribution is -0.116. The highest BCUT2D eigenvalue weighted by Gasteiger charge is 2.09. The zero-order chi connectivity index (χ0) is 18.9. The summed E-state index contributed by atoms with van der Waals surface area (Å²) in [6, 6.07) is 14.2. The molecule has 0 radical (unpaired) electrons. The maximum absolute atomic E-state index is 12.5. The number of amides is 2. The summed E-state index contributed by atoms with van der Waals surface area (Å²) in [5, 5.41) is 5.68. The monoisotopic (exact) mass is 354 g/mol. The fraction of sp³-hybridized carbons (Fsp3) is 0.333. The van der Waals surface area contributed by atoms with E-state index in [1.165, 1.54) is 0 Å². The van der Waals surface area contributed by atoms with Gasteiger partial charge >= 0.3 is 0 Å². The molecule has 5 heteroatoms. The summed E-state index contributed by atoms with van der Waals surface area (Å²) in [5.74, 6) is 0.412. The zero-order valence-electron chi connectivity index (χ0n) is 15.5. The van der Waals surface area contributed by atoms with Crippen molar-refractivity contribution in [2.45, 2.75) is 46.1 Å². The van der Waals surface area contributed by atoms with Crippen molar-refractivity contribution in [3.63, 3.8) is 0 Å².